The number of hydrogen-bond acceptors (Lipinski definition) is 10. The highest BCUT2D eigenvalue weighted by Crippen LogP contribution is 2.47. The maximum Gasteiger partial charge on any atom is 0.344 e. The standard InChI is InChI=1S/C26H29ClFN6O5PS/c1-17-6-8-20(9-7-17)41(36,37)34-15-22(21-11-18(27)12-30-26(21)34)24-29-13-23(28)25(32-24)31-19-5-4-10-33(14-19)16-40(35,38-2)39-3/h6-9,11-13,15,19H,4-5,10,14,16H2,1-3H3,(H,29,31,32)/t19-/m0/s1. The number of halogens is 2. The van der Waals surface area contributed by atoms with Gasteiger partial charge in [-0.1, -0.05) is 29.3 Å². The number of aromatic nitrogens is 4. The number of anilines is 1. The van der Waals surface area contributed by atoms with Crippen molar-refractivity contribution in [1.82, 2.24) is 23.8 Å². The lowest BCUT2D eigenvalue weighted by atomic mass is 10.1. The summed E-state index contributed by atoms with van der Waals surface area (Å²) in [6.45, 7) is 3.02. The Morgan fingerprint density at radius 2 is 1.90 bits per heavy atom. The molecule has 218 valence electrons. The summed E-state index contributed by atoms with van der Waals surface area (Å²) in [7, 11) is -4.60. The lowest BCUT2D eigenvalue weighted by Crippen LogP contribution is -2.42. The van der Waals surface area contributed by atoms with Crippen LogP contribution in [0.4, 0.5) is 10.2 Å². The van der Waals surface area contributed by atoms with Crippen LogP contribution < -0.4 is 5.32 Å². The first kappa shape index (κ1) is 29.6. The Bertz CT molecular complexity index is 1730. The molecule has 4 aromatic rings. The third-order valence-electron chi connectivity index (χ3n) is 6.92. The van der Waals surface area contributed by atoms with Gasteiger partial charge in [-0.05, 0) is 44.5 Å². The van der Waals surface area contributed by atoms with Crippen LogP contribution in [0.3, 0.4) is 0 Å². The number of nitrogens with zero attached hydrogens (tertiary/aromatic N) is 5. The SMILES string of the molecule is COP(=O)(CN1CCC[C@H](Nc2nc(-c3cn(S(=O)(=O)c4ccc(C)cc4)c4ncc(Cl)cc34)ncc2F)C1)OC. The maximum atomic E-state index is 14.9. The van der Waals surface area contributed by atoms with Crippen LogP contribution in [0.1, 0.15) is 18.4 Å². The molecule has 0 unspecified atom stereocenters. The molecule has 1 aliphatic heterocycles. The largest absolute Gasteiger partial charge is 0.363 e. The van der Waals surface area contributed by atoms with E-state index < -0.39 is 23.4 Å². The van der Waals surface area contributed by atoms with Gasteiger partial charge in [-0.25, -0.2) is 31.7 Å². The Balaban J connectivity index is 1.49. The van der Waals surface area contributed by atoms with Crippen LogP contribution >= 0.6 is 19.2 Å². The normalized spacial score (nSPS) is 16.8. The molecule has 0 bridgehead atoms. The molecule has 4 heterocycles. The minimum Gasteiger partial charge on any atom is -0.363 e. The molecule has 1 saturated heterocycles. The summed E-state index contributed by atoms with van der Waals surface area (Å²) in [6, 6.07) is 7.83. The van der Waals surface area contributed by atoms with E-state index in [1.54, 1.807) is 18.2 Å². The lowest BCUT2D eigenvalue weighted by Gasteiger charge is -2.34. The molecule has 3 aromatic heterocycles. The van der Waals surface area contributed by atoms with Gasteiger partial charge >= 0.3 is 7.60 Å². The summed E-state index contributed by atoms with van der Waals surface area (Å²) in [6.07, 6.45) is 5.37. The van der Waals surface area contributed by atoms with Crippen molar-refractivity contribution in [2.24, 2.45) is 0 Å². The topological polar surface area (TPSA) is 129 Å². The van der Waals surface area contributed by atoms with Crippen molar-refractivity contribution in [2.45, 2.75) is 30.7 Å². The molecule has 1 fully saturated rings. The molecular weight excluding hydrogens is 594 g/mol. The van der Waals surface area contributed by atoms with E-state index in [4.69, 9.17) is 20.6 Å². The smallest absolute Gasteiger partial charge is 0.344 e. The zero-order chi connectivity index (χ0) is 29.4. The molecule has 1 N–H and O–H groups in total. The van der Waals surface area contributed by atoms with E-state index in [-0.39, 0.29) is 39.5 Å². The number of pyridine rings is 1. The summed E-state index contributed by atoms with van der Waals surface area (Å²) < 4.78 is 65.9. The van der Waals surface area contributed by atoms with Crippen LogP contribution in [-0.4, -0.2) is 71.9 Å². The predicted molar refractivity (Wildman–Crippen MR) is 154 cm³/mol. The molecule has 0 aliphatic carbocycles. The minimum atomic E-state index is -4.03. The van der Waals surface area contributed by atoms with Crippen molar-refractivity contribution in [3.8, 4) is 11.4 Å². The Morgan fingerprint density at radius 3 is 2.61 bits per heavy atom. The molecule has 0 saturated carbocycles. The fraction of sp³-hybridized carbons (Fsp3) is 0.346. The predicted octanol–water partition coefficient (Wildman–Crippen LogP) is 5.15. The zero-order valence-electron chi connectivity index (χ0n) is 22.6. The van der Waals surface area contributed by atoms with Crippen LogP contribution in [0, 0.1) is 12.7 Å². The fourth-order valence-corrected chi connectivity index (χ4v) is 7.38. The number of piperidine rings is 1. The molecule has 1 atom stereocenters. The second-order valence-corrected chi connectivity index (χ2v) is 14.2. The highest BCUT2D eigenvalue weighted by molar-refractivity contribution is 7.90. The number of benzene rings is 1. The number of likely N-dealkylation sites (tertiary alicyclic amines) is 1. The number of hydrogen-bond donors (Lipinski definition) is 1. The third-order valence-corrected chi connectivity index (χ3v) is 10.6. The van der Waals surface area contributed by atoms with Gasteiger partial charge in [0.25, 0.3) is 10.0 Å². The molecule has 0 spiro atoms. The second kappa shape index (κ2) is 11.7. The Morgan fingerprint density at radius 1 is 1.17 bits per heavy atom. The maximum absolute atomic E-state index is 14.9. The van der Waals surface area contributed by atoms with E-state index in [9.17, 15) is 17.4 Å². The van der Waals surface area contributed by atoms with Crippen LogP contribution in [0.15, 0.2) is 53.8 Å². The molecule has 5 rings (SSSR count). The summed E-state index contributed by atoms with van der Waals surface area (Å²) in [5, 5.41) is 3.81. The van der Waals surface area contributed by atoms with Gasteiger partial charge in [0.15, 0.2) is 23.1 Å². The molecular formula is C26H29ClFN6O5PS. The van der Waals surface area contributed by atoms with Crippen molar-refractivity contribution >= 4 is 46.1 Å². The van der Waals surface area contributed by atoms with Gasteiger partial charge in [0, 0.05) is 50.1 Å². The van der Waals surface area contributed by atoms with Crippen molar-refractivity contribution in [2.75, 3.05) is 38.9 Å². The van der Waals surface area contributed by atoms with E-state index in [1.165, 1.54) is 38.7 Å². The van der Waals surface area contributed by atoms with Crippen molar-refractivity contribution in [1.29, 1.82) is 0 Å². The Labute approximate surface area is 242 Å². The van der Waals surface area contributed by atoms with Gasteiger partial charge in [-0.3, -0.25) is 9.46 Å². The van der Waals surface area contributed by atoms with E-state index in [0.717, 1.165) is 28.6 Å². The Hall–Kier alpha value is -2.93. The number of aryl methyl sites for hydroxylation is 1. The first-order valence-electron chi connectivity index (χ1n) is 12.7. The summed E-state index contributed by atoms with van der Waals surface area (Å²) >= 11 is 6.22. The highest BCUT2D eigenvalue weighted by atomic mass is 35.5. The van der Waals surface area contributed by atoms with Gasteiger partial charge in [-0.15, -0.1) is 0 Å². The minimum absolute atomic E-state index is 0.0409. The summed E-state index contributed by atoms with van der Waals surface area (Å²) in [4.78, 5) is 14.9. The second-order valence-electron chi connectivity index (χ2n) is 9.75. The quantitative estimate of drug-likeness (QED) is 0.250. The van der Waals surface area contributed by atoms with E-state index in [1.807, 2.05) is 11.8 Å². The van der Waals surface area contributed by atoms with Crippen molar-refractivity contribution in [3.05, 3.63) is 65.3 Å². The van der Waals surface area contributed by atoms with E-state index in [2.05, 4.69) is 20.3 Å². The van der Waals surface area contributed by atoms with Gasteiger partial charge in [0.1, 0.15) is 6.29 Å². The molecule has 0 amide bonds. The number of nitrogens with one attached hydrogen (secondary N) is 1. The number of fused-ring (bicyclic) bond motifs is 1. The first-order valence-corrected chi connectivity index (χ1v) is 16.3. The van der Waals surface area contributed by atoms with Gasteiger partial charge < -0.3 is 14.4 Å². The van der Waals surface area contributed by atoms with Gasteiger partial charge in [0.2, 0.25) is 0 Å². The Kier molecular flexibility index (Phi) is 8.47. The highest BCUT2D eigenvalue weighted by Gasteiger charge is 2.30. The molecule has 11 nitrogen and oxygen atoms in total. The molecule has 15 heteroatoms. The van der Waals surface area contributed by atoms with E-state index in [0.29, 0.717) is 24.0 Å². The third kappa shape index (κ3) is 6.15. The first-order chi connectivity index (χ1) is 19.5. The fourth-order valence-electron chi connectivity index (χ4n) is 4.77. The van der Waals surface area contributed by atoms with Crippen LogP contribution in [-0.2, 0) is 23.6 Å². The van der Waals surface area contributed by atoms with Crippen LogP contribution in [0.5, 0.6) is 0 Å². The number of rotatable bonds is 9. The van der Waals surface area contributed by atoms with Gasteiger partial charge in [-0.2, -0.15) is 0 Å². The van der Waals surface area contributed by atoms with Gasteiger partial charge in [0.05, 0.1) is 16.1 Å². The van der Waals surface area contributed by atoms with Crippen molar-refractivity contribution in [3.63, 3.8) is 0 Å². The average molecular weight is 623 g/mol. The molecule has 41 heavy (non-hydrogen) atoms. The van der Waals surface area contributed by atoms with E-state index >= 15 is 0 Å². The molecule has 0 radical (unpaired) electrons. The monoisotopic (exact) mass is 622 g/mol. The molecule has 1 aromatic carbocycles. The zero-order valence-corrected chi connectivity index (χ0v) is 25.1. The molecule has 1 aliphatic rings. The van der Waals surface area contributed by atoms with Crippen LogP contribution in [0.2, 0.25) is 5.02 Å². The average Bonchev–Trinajstić information content (AvgIpc) is 3.34. The van der Waals surface area contributed by atoms with Crippen molar-refractivity contribution < 1.29 is 26.4 Å². The summed E-state index contributed by atoms with van der Waals surface area (Å²) in [5.41, 5.74) is 1.37. The summed E-state index contributed by atoms with van der Waals surface area (Å²) in [5.74, 6) is -0.616. The van der Waals surface area contributed by atoms with Crippen LogP contribution in [0.25, 0.3) is 22.4 Å². The lowest BCUT2D eigenvalue weighted by molar-refractivity contribution is 0.206.